The molecule has 2 atom stereocenters. The summed E-state index contributed by atoms with van der Waals surface area (Å²) in [6.45, 7) is 5.04. The van der Waals surface area contributed by atoms with Gasteiger partial charge in [-0.15, -0.1) is 13.2 Å². The molecule has 0 unspecified atom stereocenters. The second-order valence-corrected chi connectivity index (χ2v) is 7.19. The summed E-state index contributed by atoms with van der Waals surface area (Å²) in [5, 5.41) is 2.67. The third-order valence-electron chi connectivity index (χ3n) is 4.99. The molecule has 0 bridgehead atoms. The summed E-state index contributed by atoms with van der Waals surface area (Å²) >= 11 is 0. The molecule has 1 heterocycles. The minimum absolute atomic E-state index is 0.180. The molecule has 148 valence electrons. The van der Waals surface area contributed by atoms with Crippen molar-refractivity contribution in [2.45, 2.75) is 19.7 Å². The predicted molar refractivity (Wildman–Crippen MR) is 91.2 cm³/mol. The molecule has 1 aromatic rings. The van der Waals surface area contributed by atoms with Gasteiger partial charge in [-0.2, -0.15) is 0 Å². The topological polar surface area (TPSA) is 63.1 Å². The van der Waals surface area contributed by atoms with Gasteiger partial charge in [0.15, 0.2) is 6.54 Å². The molecular formula is C18H23F3N3O3+. The first-order chi connectivity index (χ1) is 12.7. The van der Waals surface area contributed by atoms with Crippen molar-refractivity contribution < 1.29 is 32.4 Å². The number of ether oxygens (including phenoxy) is 1. The van der Waals surface area contributed by atoms with E-state index in [0.29, 0.717) is 37.8 Å². The highest BCUT2D eigenvalue weighted by Gasteiger charge is 2.42. The maximum Gasteiger partial charge on any atom is 0.573 e. The van der Waals surface area contributed by atoms with Crippen LogP contribution >= 0.6 is 0 Å². The minimum Gasteiger partial charge on any atom is -0.406 e. The lowest BCUT2D eigenvalue weighted by Gasteiger charge is -2.32. The Balaban J connectivity index is 1.41. The second kappa shape index (κ2) is 7.75. The number of nitrogens with zero attached hydrogens (tertiary/aromatic N) is 1. The molecular weight excluding hydrogens is 363 g/mol. The number of quaternary nitrogens is 1. The van der Waals surface area contributed by atoms with Crippen molar-refractivity contribution in [1.29, 1.82) is 0 Å². The highest BCUT2D eigenvalue weighted by molar-refractivity contribution is 5.91. The summed E-state index contributed by atoms with van der Waals surface area (Å²) in [4.78, 5) is 27.3. The molecule has 1 aliphatic carbocycles. The number of halogens is 3. The van der Waals surface area contributed by atoms with Gasteiger partial charge in [-0.3, -0.25) is 9.59 Å². The van der Waals surface area contributed by atoms with Gasteiger partial charge in [-0.1, -0.05) is 6.92 Å². The maximum absolute atomic E-state index is 12.2. The summed E-state index contributed by atoms with van der Waals surface area (Å²) in [6, 6.07) is 5.03. The Morgan fingerprint density at radius 1 is 1.22 bits per heavy atom. The van der Waals surface area contributed by atoms with Crippen LogP contribution in [0.25, 0.3) is 0 Å². The molecule has 2 fully saturated rings. The monoisotopic (exact) mass is 386 g/mol. The fourth-order valence-corrected chi connectivity index (χ4v) is 3.29. The highest BCUT2D eigenvalue weighted by Crippen LogP contribution is 2.39. The van der Waals surface area contributed by atoms with Gasteiger partial charge in [0.2, 0.25) is 5.91 Å². The molecule has 9 heteroatoms. The number of amides is 2. The summed E-state index contributed by atoms with van der Waals surface area (Å²) in [5.41, 5.74) is 0.408. The van der Waals surface area contributed by atoms with Crippen LogP contribution in [0.3, 0.4) is 0 Å². The van der Waals surface area contributed by atoms with E-state index in [4.69, 9.17) is 0 Å². The fraction of sp³-hybridized carbons (Fsp3) is 0.556. The van der Waals surface area contributed by atoms with Crippen molar-refractivity contribution in [2.75, 3.05) is 38.0 Å². The van der Waals surface area contributed by atoms with Gasteiger partial charge in [0.25, 0.3) is 5.91 Å². The maximum atomic E-state index is 12.2. The average molecular weight is 386 g/mol. The third kappa shape index (κ3) is 5.59. The Morgan fingerprint density at radius 2 is 1.81 bits per heavy atom. The summed E-state index contributed by atoms with van der Waals surface area (Å²) < 4.78 is 40.2. The number of benzene rings is 1. The van der Waals surface area contributed by atoms with Crippen LogP contribution in [-0.2, 0) is 9.59 Å². The van der Waals surface area contributed by atoms with Crippen LogP contribution in [0.2, 0.25) is 0 Å². The number of alkyl halides is 3. The van der Waals surface area contributed by atoms with Gasteiger partial charge in [0, 0.05) is 11.6 Å². The van der Waals surface area contributed by atoms with Gasteiger partial charge in [0.05, 0.1) is 26.2 Å². The molecule has 1 aliphatic heterocycles. The Morgan fingerprint density at radius 3 is 2.33 bits per heavy atom. The number of anilines is 1. The van der Waals surface area contributed by atoms with E-state index in [0.717, 1.165) is 23.5 Å². The van der Waals surface area contributed by atoms with Crippen molar-refractivity contribution in [3.63, 3.8) is 0 Å². The molecule has 0 spiro atoms. The second-order valence-electron chi connectivity index (χ2n) is 7.19. The van der Waals surface area contributed by atoms with Crippen molar-refractivity contribution in [3.05, 3.63) is 24.3 Å². The summed E-state index contributed by atoms with van der Waals surface area (Å²) in [6.07, 6.45) is -3.77. The van der Waals surface area contributed by atoms with E-state index in [-0.39, 0.29) is 30.0 Å². The number of piperazine rings is 1. The molecule has 0 radical (unpaired) electrons. The Labute approximate surface area is 155 Å². The van der Waals surface area contributed by atoms with Crippen LogP contribution in [-0.4, -0.2) is 55.8 Å². The van der Waals surface area contributed by atoms with E-state index in [1.165, 1.54) is 12.1 Å². The molecule has 1 saturated heterocycles. The number of carbonyl (C=O) groups is 2. The van der Waals surface area contributed by atoms with E-state index in [2.05, 4.69) is 17.0 Å². The van der Waals surface area contributed by atoms with Crippen LogP contribution in [0, 0.1) is 11.8 Å². The third-order valence-corrected chi connectivity index (χ3v) is 4.99. The van der Waals surface area contributed by atoms with Gasteiger partial charge in [0.1, 0.15) is 5.75 Å². The fourth-order valence-electron chi connectivity index (χ4n) is 3.29. The first-order valence-electron chi connectivity index (χ1n) is 8.99. The van der Waals surface area contributed by atoms with Crippen molar-refractivity contribution >= 4 is 17.5 Å². The number of carbonyl (C=O) groups excluding carboxylic acids is 2. The largest absolute Gasteiger partial charge is 0.573 e. The number of hydrogen-bond donors (Lipinski definition) is 2. The zero-order chi connectivity index (χ0) is 19.6. The molecule has 6 nitrogen and oxygen atoms in total. The van der Waals surface area contributed by atoms with Gasteiger partial charge in [-0.05, 0) is 36.6 Å². The van der Waals surface area contributed by atoms with Crippen molar-refractivity contribution in [2.24, 2.45) is 11.8 Å². The van der Waals surface area contributed by atoms with E-state index in [9.17, 15) is 22.8 Å². The molecule has 1 aromatic carbocycles. The van der Waals surface area contributed by atoms with Crippen molar-refractivity contribution in [3.8, 4) is 5.75 Å². The zero-order valence-corrected chi connectivity index (χ0v) is 15.0. The molecule has 2 N–H and O–H groups in total. The first kappa shape index (κ1) is 19.5. The van der Waals surface area contributed by atoms with E-state index in [1.807, 2.05) is 4.90 Å². The number of nitrogens with one attached hydrogen (secondary N) is 2. The SMILES string of the molecule is C[C@H]1C[C@@H]1C(=O)N1CC[NH+](CC(=O)Nc2ccc(OC(F)(F)F)cc2)CC1. The number of rotatable bonds is 5. The Hall–Kier alpha value is -2.29. The lowest BCUT2D eigenvalue weighted by Crippen LogP contribution is -3.15. The predicted octanol–water partition coefficient (Wildman–Crippen LogP) is 0.907. The quantitative estimate of drug-likeness (QED) is 0.791. The Kier molecular flexibility index (Phi) is 5.59. The number of hydrogen-bond acceptors (Lipinski definition) is 3. The molecule has 0 aromatic heterocycles. The highest BCUT2D eigenvalue weighted by atomic mass is 19.4. The van der Waals surface area contributed by atoms with E-state index < -0.39 is 6.36 Å². The minimum atomic E-state index is -4.74. The van der Waals surface area contributed by atoms with Gasteiger partial charge >= 0.3 is 6.36 Å². The molecule has 2 aliphatic rings. The van der Waals surface area contributed by atoms with Crippen LogP contribution in [0.1, 0.15) is 13.3 Å². The lowest BCUT2D eigenvalue weighted by atomic mass is 10.2. The molecule has 27 heavy (non-hydrogen) atoms. The van der Waals surface area contributed by atoms with Crippen LogP contribution in [0.5, 0.6) is 5.75 Å². The Bertz CT molecular complexity index is 685. The average Bonchev–Trinajstić information content (AvgIpc) is 3.32. The van der Waals surface area contributed by atoms with E-state index >= 15 is 0 Å². The molecule has 2 amide bonds. The normalized spacial score (nSPS) is 23.0. The summed E-state index contributed by atoms with van der Waals surface area (Å²) in [5.74, 6) is 0.342. The zero-order valence-electron chi connectivity index (χ0n) is 15.0. The standard InChI is InChI=1S/C18H22F3N3O3/c1-12-10-15(12)17(26)24-8-6-23(7-9-24)11-16(25)22-13-2-4-14(5-3-13)27-18(19,20)21/h2-5,12,15H,6-11H2,1H3,(H,22,25)/p+1/t12-,15-/m0/s1. The van der Waals surface area contributed by atoms with Crippen molar-refractivity contribution in [1.82, 2.24) is 4.90 Å². The summed E-state index contributed by atoms with van der Waals surface area (Å²) in [7, 11) is 0. The van der Waals surface area contributed by atoms with Gasteiger partial charge < -0.3 is 19.9 Å². The first-order valence-corrected chi connectivity index (χ1v) is 8.99. The van der Waals surface area contributed by atoms with Crippen LogP contribution < -0.4 is 15.0 Å². The molecule has 3 rings (SSSR count). The van der Waals surface area contributed by atoms with Crippen LogP contribution in [0.15, 0.2) is 24.3 Å². The van der Waals surface area contributed by atoms with Gasteiger partial charge in [-0.25, -0.2) is 0 Å². The van der Waals surface area contributed by atoms with Crippen LogP contribution in [0.4, 0.5) is 18.9 Å². The lowest BCUT2D eigenvalue weighted by molar-refractivity contribution is -0.895. The molecule has 1 saturated carbocycles. The van der Waals surface area contributed by atoms with E-state index in [1.54, 1.807) is 0 Å². The smallest absolute Gasteiger partial charge is 0.406 e.